The van der Waals surface area contributed by atoms with Crippen molar-refractivity contribution >= 4 is 22.6 Å². The van der Waals surface area contributed by atoms with Gasteiger partial charge in [0.25, 0.3) is 0 Å². The van der Waals surface area contributed by atoms with Gasteiger partial charge in [-0.15, -0.1) is 0 Å². The lowest BCUT2D eigenvalue weighted by Crippen LogP contribution is -2.07. The molecule has 0 atom stereocenters. The van der Waals surface area contributed by atoms with Crippen LogP contribution in [0.25, 0.3) is 11.0 Å². The maximum atomic E-state index is 11.7. The fourth-order valence-electron chi connectivity index (χ4n) is 1.68. The van der Waals surface area contributed by atoms with Crippen LogP contribution in [0.1, 0.15) is 10.6 Å². The Bertz CT molecular complexity index is 790. The summed E-state index contributed by atoms with van der Waals surface area (Å²) in [6.45, 7) is 0. The van der Waals surface area contributed by atoms with Crippen LogP contribution >= 0.6 is 0 Å². The highest BCUT2D eigenvalue weighted by molar-refractivity contribution is 5.91. The van der Waals surface area contributed by atoms with Crippen molar-refractivity contribution in [3.63, 3.8) is 0 Å². The minimum atomic E-state index is -0.743. The first kappa shape index (κ1) is 11.9. The number of rotatable bonds is 3. The van der Waals surface area contributed by atoms with Crippen molar-refractivity contribution in [1.82, 2.24) is 5.16 Å². The Morgan fingerprint density at radius 3 is 2.90 bits per heavy atom. The molecule has 100 valence electrons. The van der Waals surface area contributed by atoms with Gasteiger partial charge in [0, 0.05) is 6.07 Å². The fraction of sp³-hybridized carbons (Fsp3) is 0. The maximum Gasteiger partial charge on any atom is 0.382 e. The van der Waals surface area contributed by atoms with Gasteiger partial charge in [0.1, 0.15) is 16.7 Å². The van der Waals surface area contributed by atoms with Crippen LogP contribution in [0.4, 0.5) is 5.69 Å². The summed E-state index contributed by atoms with van der Waals surface area (Å²) in [6, 6.07) is 5.64. The van der Waals surface area contributed by atoms with Gasteiger partial charge in [-0.3, -0.25) is 10.1 Å². The molecule has 0 saturated heterocycles. The zero-order valence-corrected chi connectivity index (χ0v) is 9.81. The van der Waals surface area contributed by atoms with Crippen LogP contribution in [0.15, 0.2) is 45.7 Å². The molecule has 0 N–H and O–H groups in total. The highest BCUT2D eigenvalue weighted by Crippen LogP contribution is 2.31. The van der Waals surface area contributed by atoms with Crippen LogP contribution in [0, 0.1) is 10.1 Å². The molecule has 0 aliphatic carbocycles. The normalized spacial score (nSPS) is 10.6. The summed E-state index contributed by atoms with van der Waals surface area (Å²) >= 11 is 0. The van der Waals surface area contributed by atoms with Crippen molar-refractivity contribution in [2.75, 3.05) is 0 Å². The monoisotopic (exact) mass is 274 g/mol. The molecule has 0 fully saturated rings. The average molecular weight is 274 g/mol. The molecular weight excluding hydrogens is 268 g/mol. The van der Waals surface area contributed by atoms with E-state index in [1.165, 1.54) is 30.5 Å². The number of carbonyl (C=O) groups excluding carboxylic acids is 1. The lowest BCUT2D eigenvalue weighted by atomic mass is 10.2. The molecule has 8 nitrogen and oxygen atoms in total. The Kier molecular flexibility index (Phi) is 2.68. The minimum Gasteiger partial charge on any atom is -0.457 e. The van der Waals surface area contributed by atoms with E-state index in [1.807, 2.05) is 0 Å². The zero-order valence-electron chi connectivity index (χ0n) is 9.81. The van der Waals surface area contributed by atoms with E-state index in [-0.39, 0.29) is 22.6 Å². The summed E-state index contributed by atoms with van der Waals surface area (Å²) in [6.07, 6.45) is 2.34. The summed E-state index contributed by atoms with van der Waals surface area (Å²) in [5.74, 6) is -0.664. The van der Waals surface area contributed by atoms with E-state index in [2.05, 4.69) is 9.68 Å². The van der Waals surface area contributed by atoms with E-state index in [0.717, 1.165) is 6.26 Å². The molecule has 3 rings (SSSR count). The first-order chi connectivity index (χ1) is 9.65. The number of nitrogens with zero attached hydrogens (tertiary/aromatic N) is 2. The van der Waals surface area contributed by atoms with Gasteiger partial charge < -0.3 is 13.7 Å². The van der Waals surface area contributed by atoms with E-state index < -0.39 is 10.9 Å². The smallest absolute Gasteiger partial charge is 0.382 e. The van der Waals surface area contributed by atoms with Crippen LogP contribution in [0.5, 0.6) is 5.75 Å². The molecule has 0 amide bonds. The third kappa shape index (κ3) is 1.99. The highest BCUT2D eigenvalue weighted by atomic mass is 16.6. The number of esters is 1. The lowest BCUT2D eigenvalue weighted by molar-refractivity contribution is -0.383. The molecule has 8 heteroatoms. The van der Waals surface area contributed by atoms with Crippen LogP contribution in [-0.4, -0.2) is 16.0 Å². The zero-order chi connectivity index (χ0) is 14.1. The molecule has 0 aliphatic heterocycles. The van der Waals surface area contributed by atoms with E-state index in [1.54, 1.807) is 0 Å². The molecule has 0 spiro atoms. The molecule has 0 saturated carbocycles. The number of furan rings is 1. The summed E-state index contributed by atoms with van der Waals surface area (Å²) < 4.78 is 14.7. The van der Waals surface area contributed by atoms with Crippen molar-refractivity contribution in [3.8, 4) is 5.75 Å². The molecule has 1 aromatic carbocycles. The molecule has 0 radical (unpaired) electrons. The molecule has 2 heterocycles. The molecular formula is C12H6N2O6. The number of hydrogen-bond donors (Lipinski definition) is 0. The maximum absolute atomic E-state index is 11.7. The molecule has 2 aromatic heterocycles. The second kappa shape index (κ2) is 4.50. The van der Waals surface area contributed by atoms with Gasteiger partial charge in [0.15, 0.2) is 6.26 Å². The van der Waals surface area contributed by atoms with Crippen LogP contribution in [-0.2, 0) is 0 Å². The summed E-state index contributed by atoms with van der Waals surface area (Å²) in [4.78, 5) is 21.9. The topological polar surface area (TPSA) is 109 Å². The van der Waals surface area contributed by atoms with E-state index >= 15 is 0 Å². The fourth-order valence-corrected chi connectivity index (χ4v) is 1.68. The van der Waals surface area contributed by atoms with Crippen molar-refractivity contribution in [1.29, 1.82) is 0 Å². The van der Waals surface area contributed by atoms with Gasteiger partial charge in [0.2, 0.25) is 5.76 Å². The van der Waals surface area contributed by atoms with Gasteiger partial charge in [-0.05, 0) is 18.2 Å². The first-order valence-electron chi connectivity index (χ1n) is 5.43. The minimum absolute atomic E-state index is 0.0632. The van der Waals surface area contributed by atoms with Crippen LogP contribution in [0.2, 0.25) is 0 Å². The number of fused-ring (bicyclic) bond motifs is 1. The average Bonchev–Trinajstić information content (AvgIpc) is 3.07. The Hall–Kier alpha value is -3.16. The Balaban J connectivity index is 1.94. The third-order valence-corrected chi connectivity index (χ3v) is 2.57. The van der Waals surface area contributed by atoms with Crippen LogP contribution in [0.3, 0.4) is 0 Å². The molecule has 0 bridgehead atoms. The SMILES string of the molecule is O=C(Oc1ccc2occ([N+](=O)[O-])c2c1)c1ccno1. The molecule has 3 aromatic rings. The van der Waals surface area contributed by atoms with E-state index in [9.17, 15) is 14.9 Å². The number of nitro groups is 1. The predicted molar refractivity (Wildman–Crippen MR) is 64.3 cm³/mol. The Morgan fingerprint density at radius 2 is 2.20 bits per heavy atom. The number of carbonyl (C=O) groups is 1. The van der Waals surface area contributed by atoms with Crippen molar-refractivity contribution in [2.24, 2.45) is 0 Å². The van der Waals surface area contributed by atoms with Gasteiger partial charge >= 0.3 is 11.7 Å². The van der Waals surface area contributed by atoms with Crippen molar-refractivity contribution in [3.05, 3.63) is 52.6 Å². The number of hydrogen-bond acceptors (Lipinski definition) is 7. The summed E-state index contributed by atoms with van der Waals surface area (Å²) in [5, 5.41) is 14.4. The van der Waals surface area contributed by atoms with Crippen molar-refractivity contribution < 1.29 is 23.4 Å². The largest absolute Gasteiger partial charge is 0.457 e. The number of benzene rings is 1. The van der Waals surface area contributed by atoms with Crippen LogP contribution < -0.4 is 4.74 Å². The van der Waals surface area contributed by atoms with E-state index in [0.29, 0.717) is 5.58 Å². The number of aromatic nitrogens is 1. The van der Waals surface area contributed by atoms with Gasteiger partial charge in [-0.2, -0.15) is 0 Å². The first-order valence-corrected chi connectivity index (χ1v) is 5.43. The second-order valence-corrected chi connectivity index (χ2v) is 3.80. The van der Waals surface area contributed by atoms with Gasteiger partial charge in [-0.1, -0.05) is 5.16 Å². The molecule has 20 heavy (non-hydrogen) atoms. The molecule has 0 aliphatic rings. The van der Waals surface area contributed by atoms with Crippen molar-refractivity contribution in [2.45, 2.75) is 0 Å². The third-order valence-electron chi connectivity index (χ3n) is 2.57. The predicted octanol–water partition coefficient (Wildman–Crippen LogP) is 2.55. The standard InChI is InChI=1S/C12H6N2O6/c15-12(11-3-4-13-20-11)19-7-1-2-10-8(5-7)9(6-18-10)14(16)17/h1-6H. The number of ether oxygens (including phenoxy) is 1. The van der Waals surface area contributed by atoms with Gasteiger partial charge in [-0.25, -0.2) is 4.79 Å². The summed E-state index contributed by atoms with van der Waals surface area (Å²) in [5.41, 5.74) is 0.133. The van der Waals surface area contributed by atoms with Gasteiger partial charge in [0.05, 0.1) is 11.1 Å². The highest BCUT2D eigenvalue weighted by Gasteiger charge is 2.18. The lowest BCUT2D eigenvalue weighted by Gasteiger charge is -2.01. The summed E-state index contributed by atoms with van der Waals surface area (Å²) in [7, 11) is 0. The van der Waals surface area contributed by atoms with E-state index in [4.69, 9.17) is 9.15 Å². The quantitative estimate of drug-likeness (QED) is 0.312. The Morgan fingerprint density at radius 1 is 1.35 bits per heavy atom. The molecule has 0 unspecified atom stereocenters. The second-order valence-electron chi connectivity index (χ2n) is 3.80. The Labute approximate surface area is 110 Å².